The van der Waals surface area contributed by atoms with E-state index in [1.54, 1.807) is 30.6 Å². The molecule has 1 N–H and O–H groups in total. The Labute approximate surface area is 118 Å². The Morgan fingerprint density at radius 3 is 2.67 bits per heavy atom. The molecule has 0 bridgehead atoms. The average molecular weight is 326 g/mol. The molecule has 0 fully saturated rings. The summed E-state index contributed by atoms with van der Waals surface area (Å²) < 4.78 is 0.683. The number of carbonyl (C=O) groups is 1. The SMILES string of the molecule is O=C(NCc1ccncc1)c1ccc(Cl)cc1Br. The number of hydrogen-bond acceptors (Lipinski definition) is 2. The molecule has 3 nitrogen and oxygen atoms in total. The van der Waals surface area contributed by atoms with Crippen LogP contribution in [-0.2, 0) is 6.54 Å². The van der Waals surface area contributed by atoms with Crippen LogP contribution >= 0.6 is 27.5 Å². The Bertz CT molecular complexity index is 560. The molecule has 0 aliphatic heterocycles. The van der Waals surface area contributed by atoms with Gasteiger partial charge in [0.2, 0.25) is 0 Å². The van der Waals surface area contributed by atoms with Crippen LogP contribution in [0, 0.1) is 0 Å². The molecule has 1 aromatic carbocycles. The summed E-state index contributed by atoms with van der Waals surface area (Å²) in [5.74, 6) is -0.143. The van der Waals surface area contributed by atoms with Crippen molar-refractivity contribution >= 4 is 33.4 Å². The summed E-state index contributed by atoms with van der Waals surface area (Å²) in [6.07, 6.45) is 3.39. The highest BCUT2D eigenvalue weighted by molar-refractivity contribution is 9.10. The van der Waals surface area contributed by atoms with Gasteiger partial charge in [0.05, 0.1) is 5.56 Å². The van der Waals surface area contributed by atoms with Crippen molar-refractivity contribution in [3.8, 4) is 0 Å². The van der Waals surface area contributed by atoms with Gasteiger partial charge in [-0.05, 0) is 51.8 Å². The number of amides is 1. The van der Waals surface area contributed by atoms with Crippen molar-refractivity contribution in [3.63, 3.8) is 0 Å². The monoisotopic (exact) mass is 324 g/mol. The average Bonchev–Trinajstić information content (AvgIpc) is 2.37. The molecule has 5 heteroatoms. The molecule has 1 heterocycles. The Morgan fingerprint density at radius 1 is 1.28 bits per heavy atom. The number of benzene rings is 1. The van der Waals surface area contributed by atoms with Gasteiger partial charge in [0, 0.05) is 28.4 Å². The molecule has 18 heavy (non-hydrogen) atoms. The topological polar surface area (TPSA) is 42.0 Å². The van der Waals surface area contributed by atoms with Crippen LogP contribution in [0.2, 0.25) is 5.02 Å². The molecule has 2 aromatic rings. The van der Waals surface area contributed by atoms with E-state index in [2.05, 4.69) is 26.2 Å². The number of rotatable bonds is 3. The van der Waals surface area contributed by atoms with Crippen LogP contribution in [0.15, 0.2) is 47.2 Å². The predicted molar refractivity (Wildman–Crippen MR) is 74.6 cm³/mol. The predicted octanol–water partition coefficient (Wildman–Crippen LogP) is 3.43. The lowest BCUT2D eigenvalue weighted by molar-refractivity contribution is 0.0950. The Balaban J connectivity index is 2.04. The van der Waals surface area contributed by atoms with E-state index >= 15 is 0 Å². The zero-order valence-electron chi connectivity index (χ0n) is 9.36. The summed E-state index contributed by atoms with van der Waals surface area (Å²) in [7, 11) is 0. The normalized spacial score (nSPS) is 10.1. The second kappa shape index (κ2) is 5.98. The lowest BCUT2D eigenvalue weighted by Crippen LogP contribution is -2.23. The maximum Gasteiger partial charge on any atom is 0.252 e. The summed E-state index contributed by atoms with van der Waals surface area (Å²) in [4.78, 5) is 15.9. The quantitative estimate of drug-likeness (QED) is 0.939. The van der Waals surface area contributed by atoms with Gasteiger partial charge in [-0.3, -0.25) is 9.78 Å². The summed E-state index contributed by atoms with van der Waals surface area (Å²) in [5.41, 5.74) is 1.57. The number of nitrogens with one attached hydrogen (secondary N) is 1. The number of nitrogens with zero attached hydrogens (tertiary/aromatic N) is 1. The van der Waals surface area contributed by atoms with Gasteiger partial charge in [-0.2, -0.15) is 0 Å². The van der Waals surface area contributed by atoms with Crippen molar-refractivity contribution in [2.24, 2.45) is 0 Å². The maximum absolute atomic E-state index is 12.0. The first-order chi connectivity index (χ1) is 8.66. The fraction of sp³-hybridized carbons (Fsp3) is 0.0769. The third-order valence-corrected chi connectivity index (χ3v) is 3.27. The summed E-state index contributed by atoms with van der Waals surface area (Å²) in [5, 5.41) is 3.43. The number of hydrogen-bond donors (Lipinski definition) is 1. The highest BCUT2D eigenvalue weighted by atomic mass is 79.9. The van der Waals surface area contributed by atoms with E-state index in [9.17, 15) is 4.79 Å². The minimum Gasteiger partial charge on any atom is -0.348 e. The van der Waals surface area contributed by atoms with Gasteiger partial charge in [0.1, 0.15) is 0 Å². The molecule has 1 aromatic heterocycles. The molecule has 1 amide bonds. The van der Waals surface area contributed by atoms with Crippen molar-refractivity contribution in [1.29, 1.82) is 0 Å². The van der Waals surface area contributed by atoms with Gasteiger partial charge in [-0.25, -0.2) is 0 Å². The van der Waals surface area contributed by atoms with Crippen LogP contribution in [0.1, 0.15) is 15.9 Å². The highest BCUT2D eigenvalue weighted by Crippen LogP contribution is 2.21. The molecular weight excluding hydrogens is 316 g/mol. The van der Waals surface area contributed by atoms with Gasteiger partial charge < -0.3 is 5.32 Å². The van der Waals surface area contributed by atoms with Gasteiger partial charge in [-0.15, -0.1) is 0 Å². The van der Waals surface area contributed by atoms with E-state index < -0.39 is 0 Å². The molecular formula is C13H10BrClN2O. The fourth-order valence-electron chi connectivity index (χ4n) is 1.45. The van der Waals surface area contributed by atoms with Crippen molar-refractivity contribution in [2.45, 2.75) is 6.54 Å². The van der Waals surface area contributed by atoms with E-state index in [0.29, 0.717) is 21.6 Å². The number of pyridine rings is 1. The standard InChI is InChI=1S/C13H10BrClN2O/c14-12-7-10(15)1-2-11(12)13(18)17-8-9-3-5-16-6-4-9/h1-7H,8H2,(H,17,18). The van der Waals surface area contributed by atoms with Gasteiger partial charge in [0.15, 0.2) is 0 Å². The van der Waals surface area contributed by atoms with Crippen LogP contribution in [0.3, 0.4) is 0 Å². The molecule has 0 aliphatic carbocycles. The molecule has 0 unspecified atom stereocenters. The first-order valence-electron chi connectivity index (χ1n) is 5.29. The molecule has 92 valence electrons. The molecule has 0 saturated heterocycles. The Hall–Kier alpha value is -1.39. The van der Waals surface area contributed by atoms with Crippen molar-refractivity contribution in [3.05, 3.63) is 63.3 Å². The van der Waals surface area contributed by atoms with Crippen LogP contribution < -0.4 is 5.32 Å². The van der Waals surface area contributed by atoms with E-state index in [1.165, 1.54) is 0 Å². The number of aromatic nitrogens is 1. The molecule has 0 spiro atoms. The van der Waals surface area contributed by atoms with E-state index in [-0.39, 0.29) is 5.91 Å². The zero-order chi connectivity index (χ0) is 13.0. The van der Waals surface area contributed by atoms with Gasteiger partial charge >= 0.3 is 0 Å². The second-order valence-corrected chi connectivity index (χ2v) is 4.95. The molecule has 0 saturated carbocycles. The summed E-state index contributed by atoms with van der Waals surface area (Å²) in [6.45, 7) is 0.469. The van der Waals surface area contributed by atoms with Crippen LogP contribution in [0.4, 0.5) is 0 Å². The van der Waals surface area contributed by atoms with E-state index in [0.717, 1.165) is 5.56 Å². The number of halogens is 2. The summed E-state index contributed by atoms with van der Waals surface area (Å²) in [6, 6.07) is 8.79. The third-order valence-electron chi connectivity index (χ3n) is 2.38. The van der Waals surface area contributed by atoms with Crippen molar-refractivity contribution in [2.75, 3.05) is 0 Å². The van der Waals surface area contributed by atoms with Gasteiger partial charge in [-0.1, -0.05) is 11.6 Å². The smallest absolute Gasteiger partial charge is 0.252 e. The number of carbonyl (C=O) groups excluding carboxylic acids is 1. The minimum atomic E-state index is -0.143. The molecule has 0 aliphatic rings. The van der Waals surface area contributed by atoms with Crippen LogP contribution in [-0.4, -0.2) is 10.9 Å². The molecule has 2 rings (SSSR count). The zero-order valence-corrected chi connectivity index (χ0v) is 11.7. The van der Waals surface area contributed by atoms with E-state index in [1.807, 2.05) is 12.1 Å². The first-order valence-corrected chi connectivity index (χ1v) is 6.46. The van der Waals surface area contributed by atoms with Crippen LogP contribution in [0.5, 0.6) is 0 Å². The Kier molecular flexibility index (Phi) is 4.33. The lowest BCUT2D eigenvalue weighted by atomic mass is 10.2. The second-order valence-electron chi connectivity index (χ2n) is 3.66. The fourth-order valence-corrected chi connectivity index (χ4v) is 2.31. The van der Waals surface area contributed by atoms with Crippen LogP contribution in [0.25, 0.3) is 0 Å². The first kappa shape index (κ1) is 13.1. The molecule has 0 radical (unpaired) electrons. The van der Waals surface area contributed by atoms with Crippen molar-refractivity contribution in [1.82, 2.24) is 10.3 Å². The largest absolute Gasteiger partial charge is 0.348 e. The Morgan fingerprint density at radius 2 is 2.00 bits per heavy atom. The lowest BCUT2D eigenvalue weighted by Gasteiger charge is -2.07. The molecule has 0 atom stereocenters. The summed E-state index contributed by atoms with van der Waals surface area (Å²) >= 11 is 9.14. The highest BCUT2D eigenvalue weighted by Gasteiger charge is 2.09. The third kappa shape index (κ3) is 3.31. The van der Waals surface area contributed by atoms with E-state index in [4.69, 9.17) is 11.6 Å². The maximum atomic E-state index is 12.0. The van der Waals surface area contributed by atoms with Gasteiger partial charge in [0.25, 0.3) is 5.91 Å². The van der Waals surface area contributed by atoms with Crippen molar-refractivity contribution < 1.29 is 4.79 Å². The minimum absolute atomic E-state index is 0.143.